The molecule has 15 heavy (non-hydrogen) atoms. The van der Waals surface area contributed by atoms with Crippen molar-refractivity contribution in [3.63, 3.8) is 0 Å². The number of aliphatic hydroxyl groups is 1. The first-order chi connectivity index (χ1) is 7.13. The lowest BCUT2D eigenvalue weighted by Gasteiger charge is -2.18. The van der Waals surface area contributed by atoms with E-state index in [1.165, 1.54) is 25.7 Å². The van der Waals surface area contributed by atoms with Crippen molar-refractivity contribution in [1.29, 1.82) is 0 Å². The lowest BCUT2D eigenvalue weighted by Crippen LogP contribution is -2.38. The zero-order valence-corrected chi connectivity index (χ0v) is 9.83. The van der Waals surface area contributed by atoms with Crippen molar-refractivity contribution in [3.8, 4) is 0 Å². The number of hydrogen-bond donors (Lipinski definition) is 2. The van der Waals surface area contributed by atoms with Crippen LogP contribution in [0.5, 0.6) is 0 Å². The van der Waals surface area contributed by atoms with Crippen LogP contribution in [-0.4, -0.2) is 23.7 Å². The minimum atomic E-state index is -0.122. The normalized spacial score (nSPS) is 21.3. The van der Waals surface area contributed by atoms with E-state index in [1.807, 2.05) is 13.8 Å². The summed E-state index contributed by atoms with van der Waals surface area (Å²) >= 11 is 0. The second-order valence-corrected chi connectivity index (χ2v) is 4.88. The van der Waals surface area contributed by atoms with Crippen molar-refractivity contribution in [3.05, 3.63) is 0 Å². The van der Waals surface area contributed by atoms with E-state index in [0.29, 0.717) is 0 Å². The molecule has 1 saturated carbocycles. The number of amides is 1. The number of nitrogens with one attached hydrogen (secondary N) is 1. The molecule has 0 aliphatic heterocycles. The maximum Gasteiger partial charge on any atom is 0.223 e. The first kappa shape index (κ1) is 12.5. The zero-order valence-electron chi connectivity index (χ0n) is 9.83. The number of aliphatic hydroxyl groups excluding tert-OH is 1. The standard InChI is InChI=1S/C12H23NO2/c1-9(7-11-5-3-4-6-11)12(15)13-10(2)8-14/h9-11,14H,3-8H2,1-2H3,(H,13,15). The van der Waals surface area contributed by atoms with Crippen molar-refractivity contribution >= 4 is 5.91 Å². The molecule has 2 N–H and O–H groups in total. The van der Waals surface area contributed by atoms with Gasteiger partial charge < -0.3 is 10.4 Å². The summed E-state index contributed by atoms with van der Waals surface area (Å²) in [6.45, 7) is 3.82. The Balaban J connectivity index is 2.25. The molecule has 3 heteroatoms. The predicted octanol–water partition coefficient (Wildman–Crippen LogP) is 1.70. The predicted molar refractivity (Wildman–Crippen MR) is 60.4 cm³/mol. The highest BCUT2D eigenvalue weighted by Gasteiger charge is 2.22. The molecule has 0 aromatic carbocycles. The average Bonchev–Trinajstić information content (AvgIpc) is 2.70. The molecule has 0 aromatic heterocycles. The van der Waals surface area contributed by atoms with Gasteiger partial charge in [-0.25, -0.2) is 0 Å². The fraction of sp³-hybridized carbons (Fsp3) is 0.917. The molecule has 0 saturated heterocycles. The van der Waals surface area contributed by atoms with Gasteiger partial charge in [0.2, 0.25) is 5.91 Å². The number of hydrogen-bond acceptors (Lipinski definition) is 2. The van der Waals surface area contributed by atoms with Gasteiger partial charge >= 0.3 is 0 Å². The molecule has 0 bridgehead atoms. The van der Waals surface area contributed by atoms with Gasteiger partial charge in [0.25, 0.3) is 0 Å². The summed E-state index contributed by atoms with van der Waals surface area (Å²) in [4.78, 5) is 11.7. The van der Waals surface area contributed by atoms with Gasteiger partial charge in [0.05, 0.1) is 6.61 Å². The van der Waals surface area contributed by atoms with Crippen LogP contribution in [0.15, 0.2) is 0 Å². The highest BCUT2D eigenvalue weighted by Crippen LogP contribution is 2.30. The molecule has 0 radical (unpaired) electrons. The summed E-state index contributed by atoms with van der Waals surface area (Å²) in [7, 11) is 0. The molecule has 1 aliphatic carbocycles. The van der Waals surface area contributed by atoms with Gasteiger partial charge in [-0.05, 0) is 19.3 Å². The van der Waals surface area contributed by atoms with Crippen LogP contribution in [0.25, 0.3) is 0 Å². The minimum Gasteiger partial charge on any atom is -0.394 e. The van der Waals surface area contributed by atoms with Gasteiger partial charge in [-0.1, -0.05) is 32.6 Å². The maximum atomic E-state index is 11.7. The fourth-order valence-corrected chi connectivity index (χ4v) is 2.28. The summed E-state index contributed by atoms with van der Waals surface area (Å²) in [5.41, 5.74) is 0. The van der Waals surface area contributed by atoms with Crippen molar-refractivity contribution < 1.29 is 9.90 Å². The minimum absolute atomic E-state index is 0.0158. The maximum absolute atomic E-state index is 11.7. The van der Waals surface area contributed by atoms with Crippen molar-refractivity contribution in [2.75, 3.05) is 6.61 Å². The second kappa shape index (κ2) is 6.11. The summed E-state index contributed by atoms with van der Waals surface area (Å²) < 4.78 is 0. The third-order valence-corrected chi connectivity index (χ3v) is 3.27. The van der Waals surface area contributed by atoms with Crippen LogP contribution >= 0.6 is 0 Å². The van der Waals surface area contributed by atoms with E-state index < -0.39 is 0 Å². The van der Waals surface area contributed by atoms with Crippen molar-refractivity contribution in [1.82, 2.24) is 5.32 Å². The molecule has 1 amide bonds. The molecular formula is C12H23NO2. The van der Waals surface area contributed by atoms with Crippen LogP contribution < -0.4 is 5.32 Å². The molecule has 1 rings (SSSR count). The Bertz CT molecular complexity index is 200. The Morgan fingerprint density at radius 3 is 2.53 bits per heavy atom. The van der Waals surface area contributed by atoms with E-state index in [9.17, 15) is 4.79 Å². The molecule has 3 nitrogen and oxygen atoms in total. The second-order valence-electron chi connectivity index (χ2n) is 4.88. The van der Waals surface area contributed by atoms with Gasteiger partial charge in [-0.15, -0.1) is 0 Å². The van der Waals surface area contributed by atoms with Gasteiger partial charge in [-0.2, -0.15) is 0 Å². The Kier molecular flexibility index (Phi) is 5.09. The smallest absolute Gasteiger partial charge is 0.223 e. The first-order valence-corrected chi connectivity index (χ1v) is 6.04. The molecule has 88 valence electrons. The van der Waals surface area contributed by atoms with E-state index in [2.05, 4.69) is 5.32 Å². The van der Waals surface area contributed by atoms with Gasteiger partial charge in [0.1, 0.15) is 0 Å². The summed E-state index contributed by atoms with van der Waals surface area (Å²) in [5, 5.41) is 11.6. The molecular weight excluding hydrogens is 190 g/mol. The van der Waals surface area contributed by atoms with E-state index in [-0.39, 0.29) is 24.5 Å². The molecule has 2 unspecified atom stereocenters. The number of rotatable bonds is 5. The Morgan fingerprint density at radius 2 is 2.00 bits per heavy atom. The lowest BCUT2D eigenvalue weighted by atomic mass is 9.94. The van der Waals surface area contributed by atoms with E-state index in [1.54, 1.807) is 0 Å². The quantitative estimate of drug-likeness (QED) is 0.730. The van der Waals surface area contributed by atoms with Crippen molar-refractivity contribution in [2.45, 2.75) is 52.0 Å². The Labute approximate surface area is 92.3 Å². The topological polar surface area (TPSA) is 49.3 Å². The van der Waals surface area contributed by atoms with Gasteiger partial charge in [0.15, 0.2) is 0 Å². The monoisotopic (exact) mass is 213 g/mol. The molecule has 2 atom stereocenters. The molecule has 0 heterocycles. The summed E-state index contributed by atoms with van der Waals surface area (Å²) in [5.74, 6) is 0.917. The summed E-state index contributed by atoms with van der Waals surface area (Å²) in [6.07, 6.45) is 6.22. The third kappa shape index (κ3) is 4.20. The number of carbonyl (C=O) groups excluding carboxylic acids is 1. The molecule has 1 aliphatic rings. The van der Waals surface area contributed by atoms with Crippen LogP contribution in [0, 0.1) is 11.8 Å². The van der Waals surface area contributed by atoms with Crippen LogP contribution in [0.3, 0.4) is 0 Å². The average molecular weight is 213 g/mol. The molecule has 1 fully saturated rings. The van der Waals surface area contributed by atoms with E-state index in [0.717, 1.165) is 12.3 Å². The van der Waals surface area contributed by atoms with Crippen LogP contribution in [0.2, 0.25) is 0 Å². The van der Waals surface area contributed by atoms with Crippen LogP contribution in [0.4, 0.5) is 0 Å². The van der Waals surface area contributed by atoms with E-state index in [4.69, 9.17) is 5.11 Å². The molecule has 0 spiro atoms. The van der Waals surface area contributed by atoms with E-state index >= 15 is 0 Å². The highest BCUT2D eigenvalue weighted by molar-refractivity contribution is 5.78. The molecule has 0 aromatic rings. The number of carbonyl (C=O) groups is 1. The highest BCUT2D eigenvalue weighted by atomic mass is 16.3. The first-order valence-electron chi connectivity index (χ1n) is 6.04. The van der Waals surface area contributed by atoms with Crippen LogP contribution in [-0.2, 0) is 4.79 Å². The fourth-order valence-electron chi connectivity index (χ4n) is 2.28. The lowest BCUT2D eigenvalue weighted by molar-refractivity contribution is -0.125. The SMILES string of the molecule is CC(CO)NC(=O)C(C)CC1CCCC1. The zero-order chi connectivity index (χ0) is 11.3. The van der Waals surface area contributed by atoms with Gasteiger partial charge in [-0.3, -0.25) is 4.79 Å². The van der Waals surface area contributed by atoms with Crippen molar-refractivity contribution in [2.24, 2.45) is 11.8 Å². The van der Waals surface area contributed by atoms with Gasteiger partial charge in [0, 0.05) is 12.0 Å². The Hall–Kier alpha value is -0.570. The Morgan fingerprint density at radius 1 is 1.40 bits per heavy atom. The van der Waals surface area contributed by atoms with Crippen LogP contribution in [0.1, 0.15) is 46.0 Å². The third-order valence-electron chi connectivity index (χ3n) is 3.27. The largest absolute Gasteiger partial charge is 0.394 e. The summed E-state index contributed by atoms with van der Waals surface area (Å²) in [6, 6.07) is -0.122.